The third-order valence-corrected chi connectivity index (χ3v) is 2.68. The van der Waals surface area contributed by atoms with E-state index in [1.54, 1.807) is 0 Å². The predicted molar refractivity (Wildman–Crippen MR) is 51.6 cm³/mol. The topological polar surface area (TPSA) is 28.3 Å². The number of nitrogens with one attached hydrogen (secondary N) is 1. The van der Waals surface area contributed by atoms with E-state index in [4.69, 9.17) is 4.74 Å². The van der Waals surface area contributed by atoms with Gasteiger partial charge in [-0.15, -0.1) is 0 Å². The molecule has 0 radical (unpaired) electrons. The molecule has 2 heterocycles. The van der Waals surface area contributed by atoms with Crippen LogP contribution < -0.4 is 0 Å². The van der Waals surface area contributed by atoms with Gasteiger partial charge in [0.25, 0.3) is 0 Å². The van der Waals surface area contributed by atoms with Crippen molar-refractivity contribution in [1.29, 1.82) is 0 Å². The van der Waals surface area contributed by atoms with Gasteiger partial charge in [-0.1, -0.05) is 18.2 Å². The number of hydrogen-bond donors (Lipinski definition) is 1. The first-order chi connectivity index (χ1) is 6.28. The quantitative estimate of drug-likeness (QED) is 0.659. The normalized spacial score (nSPS) is 26.5. The molecule has 2 nitrogen and oxygen atoms in total. The smallest absolute Gasteiger partial charge is 0.128 e. The number of aromatic nitrogens is 1. The maximum atomic E-state index is 5.38. The van der Waals surface area contributed by atoms with Gasteiger partial charge in [-0.05, 0) is 24.4 Å². The fraction of sp³-hybridized carbons (Fsp3) is 0.273. The molecule has 66 valence electrons. The van der Waals surface area contributed by atoms with Crippen molar-refractivity contribution < 1.29 is 4.74 Å². The molecule has 1 aromatic heterocycles. The zero-order valence-electron chi connectivity index (χ0n) is 7.50. The first kappa shape index (κ1) is 7.15. The van der Waals surface area contributed by atoms with Gasteiger partial charge < -0.3 is 9.72 Å². The van der Waals surface area contributed by atoms with Crippen LogP contribution in [0.25, 0.3) is 10.9 Å². The molecule has 1 saturated heterocycles. The van der Waals surface area contributed by atoms with Gasteiger partial charge in [0.1, 0.15) is 5.60 Å². The van der Waals surface area contributed by atoms with Crippen molar-refractivity contribution in [2.45, 2.75) is 12.5 Å². The van der Waals surface area contributed by atoms with Gasteiger partial charge in [-0.2, -0.15) is 0 Å². The van der Waals surface area contributed by atoms with Crippen molar-refractivity contribution in [3.8, 4) is 0 Å². The average molecular weight is 173 g/mol. The number of ether oxygens (including phenoxy) is 1. The van der Waals surface area contributed by atoms with Crippen LogP contribution >= 0.6 is 0 Å². The van der Waals surface area contributed by atoms with Crippen molar-refractivity contribution in [3.63, 3.8) is 0 Å². The molecule has 1 N–H and O–H groups in total. The van der Waals surface area contributed by atoms with Crippen LogP contribution in [0.5, 0.6) is 0 Å². The minimum absolute atomic E-state index is 0.0426. The minimum atomic E-state index is -0.0426. The van der Waals surface area contributed by atoms with Crippen LogP contribution in [-0.4, -0.2) is 11.6 Å². The summed E-state index contributed by atoms with van der Waals surface area (Å²) in [6.45, 7) is 2.94. The maximum Gasteiger partial charge on any atom is 0.128 e. The molecule has 1 aromatic carbocycles. The molecule has 0 amide bonds. The van der Waals surface area contributed by atoms with E-state index >= 15 is 0 Å². The molecular weight excluding hydrogens is 162 g/mol. The number of epoxide rings is 1. The van der Waals surface area contributed by atoms with Crippen molar-refractivity contribution in [1.82, 2.24) is 4.98 Å². The van der Waals surface area contributed by atoms with Gasteiger partial charge >= 0.3 is 0 Å². The molecule has 13 heavy (non-hydrogen) atoms. The molecule has 2 aromatic rings. The van der Waals surface area contributed by atoms with Crippen LogP contribution in [0.15, 0.2) is 30.3 Å². The molecule has 1 aliphatic heterocycles. The van der Waals surface area contributed by atoms with Crippen LogP contribution in [0.1, 0.15) is 12.6 Å². The molecule has 3 rings (SSSR count). The van der Waals surface area contributed by atoms with E-state index in [1.807, 2.05) is 6.07 Å². The first-order valence-electron chi connectivity index (χ1n) is 4.50. The summed E-state index contributed by atoms with van der Waals surface area (Å²) >= 11 is 0. The fourth-order valence-electron chi connectivity index (χ4n) is 1.62. The Kier molecular flexibility index (Phi) is 1.18. The Morgan fingerprint density at radius 2 is 2.15 bits per heavy atom. The van der Waals surface area contributed by atoms with Crippen LogP contribution in [0, 0.1) is 0 Å². The number of rotatable bonds is 1. The third kappa shape index (κ3) is 0.988. The molecule has 0 saturated carbocycles. The summed E-state index contributed by atoms with van der Waals surface area (Å²) in [7, 11) is 0. The number of fused-ring (bicyclic) bond motifs is 1. The Hall–Kier alpha value is -1.28. The highest BCUT2D eigenvalue weighted by Gasteiger charge is 2.42. The summed E-state index contributed by atoms with van der Waals surface area (Å²) in [5.41, 5.74) is 2.34. The van der Waals surface area contributed by atoms with Gasteiger partial charge in [-0.3, -0.25) is 0 Å². The van der Waals surface area contributed by atoms with E-state index in [2.05, 4.69) is 36.2 Å². The first-order valence-corrected chi connectivity index (χ1v) is 4.50. The monoisotopic (exact) mass is 173 g/mol. The average Bonchev–Trinajstić information content (AvgIpc) is 2.76. The van der Waals surface area contributed by atoms with Crippen molar-refractivity contribution >= 4 is 10.9 Å². The number of hydrogen-bond acceptors (Lipinski definition) is 1. The molecule has 0 aliphatic carbocycles. The lowest BCUT2D eigenvalue weighted by atomic mass is 10.1. The Morgan fingerprint density at radius 3 is 2.85 bits per heavy atom. The van der Waals surface area contributed by atoms with Gasteiger partial charge in [0.15, 0.2) is 0 Å². The predicted octanol–water partition coefficient (Wildman–Crippen LogP) is 2.41. The third-order valence-electron chi connectivity index (χ3n) is 2.68. The number of aromatic amines is 1. The van der Waals surface area contributed by atoms with Crippen LogP contribution in [0.3, 0.4) is 0 Å². The maximum absolute atomic E-state index is 5.38. The largest absolute Gasteiger partial charge is 0.363 e. The second-order valence-corrected chi connectivity index (χ2v) is 3.79. The van der Waals surface area contributed by atoms with Gasteiger partial charge in [0.05, 0.1) is 12.3 Å². The van der Waals surface area contributed by atoms with E-state index in [0.717, 1.165) is 6.61 Å². The Balaban J connectivity index is 2.22. The molecule has 1 aliphatic rings. The minimum Gasteiger partial charge on any atom is -0.363 e. The van der Waals surface area contributed by atoms with Crippen LogP contribution in [0.2, 0.25) is 0 Å². The SMILES string of the molecule is CC1(c2cc3ccccc3[nH]2)CO1. The summed E-state index contributed by atoms with van der Waals surface area (Å²) < 4.78 is 5.38. The van der Waals surface area contributed by atoms with Gasteiger partial charge in [0.2, 0.25) is 0 Å². The van der Waals surface area contributed by atoms with E-state index in [0.29, 0.717) is 0 Å². The van der Waals surface area contributed by atoms with Crippen LogP contribution in [-0.2, 0) is 10.3 Å². The lowest BCUT2D eigenvalue weighted by molar-refractivity contribution is 0.325. The number of benzene rings is 1. The zero-order chi connectivity index (χ0) is 8.89. The molecule has 1 atom stereocenters. The molecular formula is C11H11NO. The second kappa shape index (κ2) is 2.15. The van der Waals surface area contributed by atoms with E-state index in [9.17, 15) is 0 Å². The highest BCUT2D eigenvalue weighted by atomic mass is 16.6. The molecule has 0 bridgehead atoms. The summed E-state index contributed by atoms with van der Waals surface area (Å²) in [6, 6.07) is 10.5. The number of H-pyrrole nitrogens is 1. The van der Waals surface area contributed by atoms with Gasteiger partial charge in [-0.25, -0.2) is 0 Å². The molecule has 2 heteroatoms. The zero-order valence-corrected chi connectivity index (χ0v) is 7.50. The summed E-state index contributed by atoms with van der Waals surface area (Å²) in [4.78, 5) is 3.37. The lowest BCUT2D eigenvalue weighted by Crippen LogP contribution is -2.01. The summed E-state index contributed by atoms with van der Waals surface area (Å²) in [6.07, 6.45) is 0. The molecule has 0 spiro atoms. The molecule has 1 fully saturated rings. The van der Waals surface area contributed by atoms with E-state index in [-0.39, 0.29) is 5.60 Å². The summed E-state index contributed by atoms with van der Waals surface area (Å²) in [5, 5.41) is 1.26. The Bertz CT molecular complexity index is 421. The standard InChI is InChI=1S/C11H11NO/c1-11(7-13-11)10-6-8-4-2-3-5-9(8)12-10/h2-6,12H,7H2,1H3. The highest BCUT2D eigenvalue weighted by molar-refractivity contribution is 5.80. The van der Waals surface area contributed by atoms with Crippen molar-refractivity contribution in [2.24, 2.45) is 0 Å². The molecule has 1 unspecified atom stereocenters. The highest BCUT2D eigenvalue weighted by Crippen LogP contribution is 2.38. The van der Waals surface area contributed by atoms with Gasteiger partial charge in [0, 0.05) is 5.52 Å². The fourth-order valence-corrected chi connectivity index (χ4v) is 1.62. The number of para-hydroxylation sites is 1. The lowest BCUT2D eigenvalue weighted by Gasteiger charge is -1.98. The Morgan fingerprint density at radius 1 is 1.38 bits per heavy atom. The van der Waals surface area contributed by atoms with Crippen molar-refractivity contribution in [3.05, 3.63) is 36.0 Å². The van der Waals surface area contributed by atoms with E-state index < -0.39 is 0 Å². The van der Waals surface area contributed by atoms with Crippen LogP contribution in [0.4, 0.5) is 0 Å². The van der Waals surface area contributed by atoms with E-state index in [1.165, 1.54) is 16.6 Å². The summed E-state index contributed by atoms with van der Waals surface area (Å²) in [5.74, 6) is 0. The second-order valence-electron chi connectivity index (χ2n) is 3.79. The van der Waals surface area contributed by atoms with Crippen molar-refractivity contribution in [2.75, 3.05) is 6.61 Å². The Labute approximate surface area is 76.5 Å².